The molecule has 0 aliphatic rings. The molecule has 6 nitrogen and oxygen atoms in total. The summed E-state index contributed by atoms with van der Waals surface area (Å²) in [5.74, 6) is -1.89. The molecule has 0 amide bonds. The minimum atomic E-state index is -1.19. The molecule has 0 radical (unpaired) electrons. The van der Waals surface area contributed by atoms with Gasteiger partial charge in [0.15, 0.2) is 0 Å². The molecule has 16 heavy (non-hydrogen) atoms. The van der Waals surface area contributed by atoms with E-state index in [0.29, 0.717) is 19.8 Å². The van der Waals surface area contributed by atoms with Crippen LogP contribution < -0.4 is 0 Å². The monoisotopic (exact) mass is 232 g/mol. The van der Waals surface area contributed by atoms with Crippen LogP contribution in [0.25, 0.3) is 0 Å². The number of carboxylic acid groups (broad SMARTS) is 1. The maximum absolute atomic E-state index is 10.8. The van der Waals surface area contributed by atoms with Gasteiger partial charge in [-0.15, -0.1) is 0 Å². The number of esters is 1. The maximum atomic E-state index is 10.8. The number of aliphatic carboxylic acids is 1. The summed E-state index contributed by atoms with van der Waals surface area (Å²) in [7, 11) is 0. The lowest BCUT2D eigenvalue weighted by molar-refractivity contribution is -0.140. The summed E-state index contributed by atoms with van der Waals surface area (Å²) in [6, 6.07) is 0. The van der Waals surface area contributed by atoms with Crippen LogP contribution in [0.5, 0.6) is 0 Å². The first kappa shape index (κ1) is 14.6. The summed E-state index contributed by atoms with van der Waals surface area (Å²) in [4.78, 5) is 20.9. The van der Waals surface area contributed by atoms with Crippen LogP contribution in [-0.2, 0) is 23.8 Å². The van der Waals surface area contributed by atoms with Gasteiger partial charge in [0.05, 0.1) is 19.8 Å². The number of carboxylic acids is 1. The van der Waals surface area contributed by atoms with E-state index in [-0.39, 0.29) is 13.2 Å². The van der Waals surface area contributed by atoms with Crippen LogP contribution in [0, 0.1) is 0 Å². The van der Waals surface area contributed by atoms with E-state index in [2.05, 4.69) is 4.74 Å². The van der Waals surface area contributed by atoms with Crippen LogP contribution in [0.3, 0.4) is 0 Å². The molecule has 0 spiro atoms. The summed E-state index contributed by atoms with van der Waals surface area (Å²) < 4.78 is 14.7. The third kappa shape index (κ3) is 10.7. The number of carbonyl (C=O) groups is 2. The van der Waals surface area contributed by atoms with Crippen LogP contribution in [0.4, 0.5) is 0 Å². The van der Waals surface area contributed by atoms with Gasteiger partial charge in [-0.2, -0.15) is 0 Å². The SMILES string of the molecule is CCOCCOCCOC(=O)/C=C\C(=O)O. The third-order valence-electron chi connectivity index (χ3n) is 1.41. The van der Waals surface area contributed by atoms with E-state index in [9.17, 15) is 9.59 Å². The van der Waals surface area contributed by atoms with Crippen molar-refractivity contribution in [2.24, 2.45) is 0 Å². The van der Waals surface area contributed by atoms with E-state index in [1.165, 1.54) is 0 Å². The molecule has 0 bridgehead atoms. The molecule has 0 saturated heterocycles. The highest BCUT2D eigenvalue weighted by Crippen LogP contribution is 1.84. The Bertz CT molecular complexity index is 235. The number of ether oxygens (including phenoxy) is 3. The molecular formula is C10H16O6. The molecule has 6 heteroatoms. The first-order chi connectivity index (χ1) is 7.66. The van der Waals surface area contributed by atoms with Crippen molar-refractivity contribution < 1.29 is 28.9 Å². The van der Waals surface area contributed by atoms with Gasteiger partial charge < -0.3 is 19.3 Å². The molecule has 0 aromatic heterocycles. The van der Waals surface area contributed by atoms with Crippen LogP contribution in [0.15, 0.2) is 12.2 Å². The predicted molar refractivity (Wildman–Crippen MR) is 55.0 cm³/mol. The Morgan fingerprint density at radius 3 is 2.31 bits per heavy atom. The summed E-state index contributed by atoms with van der Waals surface area (Å²) in [5, 5.41) is 8.22. The van der Waals surface area contributed by atoms with Crippen molar-refractivity contribution in [1.29, 1.82) is 0 Å². The number of hydrogen-bond acceptors (Lipinski definition) is 5. The van der Waals surface area contributed by atoms with Crippen molar-refractivity contribution in [3.63, 3.8) is 0 Å². The first-order valence-corrected chi connectivity index (χ1v) is 4.90. The zero-order valence-electron chi connectivity index (χ0n) is 9.18. The molecule has 0 fully saturated rings. The van der Waals surface area contributed by atoms with Gasteiger partial charge in [0.2, 0.25) is 0 Å². The zero-order valence-corrected chi connectivity index (χ0v) is 9.18. The van der Waals surface area contributed by atoms with Crippen molar-refractivity contribution in [2.75, 3.05) is 33.0 Å². The summed E-state index contributed by atoms with van der Waals surface area (Å²) in [6.07, 6.45) is 1.57. The Morgan fingerprint density at radius 1 is 1.06 bits per heavy atom. The van der Waals surface area contributed by atoms with E-state index in [4.69, 9.17) is 14.6 Å². The van der Waals surface area contributed by atoms with Gasteiger partial charge in [0.1, 0.15) is 6.61 Å². The average Bonchev–Trinajstić information content (AvgIpc) is 2.25. The zero-order chi connectivity index (χ0) is 12.2. The lowest BCUT2D eigenvalue weighted by Gasteiger charge is -2.04. The molecule has 0 atom stereocenters. The molecule has 0 rings (SSSR count). The molecule has 1 N–H and O–H groups in total. The summed E-state index contributed by atoms with van der Waals surface area (Å²) in [6.45, 7) is 3.82. The van der Waals surface area contributed by atoms with Gasteiger partial charge in [0, 0.05) is 18.8 Å². The van der Waals surface area contributed by atoms with Crippen LogP contribution in [0.2, 0.25) is 0 Å². The fraction of sp³-hybridized carbons (Fsp3) is 0.600. The Kier molecular flexibility index (Phi) is 9.24. The standard InChI is InChI=1S/C10H16O6/c1-2-14-5-6-15-7-8-16-10(13)4-3-9(11)12/h3-4H,2,5-8H2,1H3,(H,11,12)/b4-3-. The van der Waals surface area contributed by atoms with Crippen LogP contribution in [0.1, 0.15) is 6.92 Å². The normalized spacial score (nSPS) is 10.6. The van der Waals surface area contributed by atoms with Crippen LogP contribution in [-0.4, -0.2) is 50.1 Å². The van der Waals surface area contributed by atoms with Gasteiger partial charge in [0.25, 0.3) is 0 Å². The molecule has 0 aromatic rings. The summed E-state index contributed by atoms with van der Waals surface area (Å²) in [5.41, 5.74) is 0. The number of rotatable bonds is 9. The van der Waals surface area contributed by atoms with Crippen molar-refractivity contribution in [3.05, 3.63) is 12.2 Å². The Labute approximate surface area is 93.8 Å². The van der Waals surface area contributed by atoms with E-state index in [0.717, 1.165) is 12.2 Å². The minimum Gasteiger partial charge on any atom is -0.478 e. The van der Waals surface area contributed by atoms with Gasteiger partial charge in [-0.25, -0.2) is 9.59 Å². The third-order valence-corrected chi connectivity index (χ3v) is 1.41. The fourth-order valence-electron chi connectivity index (χ4n) is 0.753. The highest BCUT2D eigenvalue weighted by Gasteiger charge is 1.97. The highest BCUT2D eigenvalue weighted by atomic mass is 16.6. The second-order valence-corrected chi connectivity index (χ2v) is 2.65. The first-order valence-electron chi connectivity index (χ1n) is 4.90. The molecule has 0 saturated carbocycles. The smallest absolute Gasteiger partial charge is 0.331 e. The van der Waals surface area contributed by atoms with E-state index in [1.54, 1.807) is 0 Å². The molecule has 0 heterocycles. The van der Waals surface area contributed by atoms with E-state index < -0.39 is 11.9 Å². The van der Waals surface area contributed by atoms with E-state index in [1.807, 2.05) is 6.92 Å². The highest BCUT2D eigenvalue weighted by molar-refractivity contribution is 5.90. The molecular weight excluding hydrogens is 216 g/mol. The second-order valence-electron chi connectivity index (χ2n) is 2.65. The quantitative estimate of drug-likeness (QED) is 0.348. The predicted octanol–water partition coefficient (Wildman–Crippen LogP) is 0.223. The molecule has 0 unspecified atom stereocenters. The van der Waals surface area contributed by atoms with E-state index >= 15 is 0 Å². The number of hydrogen-bond donors (Lipinski definition) is 1. The minimum absolute atomic E-state index is 0.0922. The van der Waals surface area contributed by atoms with Gasteiger partial charge >= 0.3 is 11.9 Å². The van der Waals surface area contributed by atoms with Gasteiger partial charge in [-0.1, -0.05) is 0 Å². The molecule has 92 valence electrons. The molecule has 0 aromatic carbocycles. The fourth-order valence-corrected chi connectivity index (χ4v) is 0.753. The lowest BCUT2D eigenvalue weighted by atomic mass is 10.5. The topological polar surface area (TPSA) is 82.1 Å². The number of carbonyl (C=O) groups excluding carboxylic acids is 1. The molecule has 0 aliphatic heterocycles. The maximum Gasteiger partial charge on any atom is 0.331 e. The summed E-state index contributed by atoms with van der Waals surface area (Å²) >= 11 is 0. The van der Waals surface area contributed by atoms with Crippen molar-refractivity contribution in [1.82, 2.24) is 0 Å². The Morgan fingerprint density at radius 2 is 1.69 bits per heavy atom. The van der Waals surface area contributed by atoms with Crippen molar-refractivity contribution >= 4 is 11.9 Å². The van der Waals surface area contributed by atoms with Gasteiger partial charge in [-0.3, -0.25) is 0 Å². The van der Waals surface area contributed by atoms with Crippen molar-refractivity contribution in [3.8, 4) is 0 Å². The second kappa shape index (κ2) is 10.1. The van der Waals surface area contributed by atoms with Crippen LogP contribution >= 0.6 is 0 Å². The largest absolute Gasteiger partial charge is 0.478 e. The van der Waals surface area contributed by atoms with Crippen molar-refractivity contribution in [2.45, 2.75) is 6.92 Å². The average molecular weight is 232 g/mol. The Balaban J connectivity index is 3.31. The molecule has 0 aliphatic carbocycles. The lowest BCUT2D eigenvalue weighted by Crippen LogP contribution is -2.11. The van der Waals surface area contributed by atoms with Gasteiger partial charge in [-0.05, 0) is 6.92 Å². The Hall–Kier alpha value is -1.40.